The van der Waals surface area contributed by atoms with Gasteiger partial charge in [0.05, 0.1) is 0 Å². The van der Waals surface area contributed by atoms with Crippen LogP contribution in [0.2, 0.25) is 0 Å². The van der Waals surface area contributed by atoms with Crippen LogP contribution in [0.3, 0.4) is 0 Å². The van der Waals surface area contributed by atoms with Crippen LogP contribution in [0.25, 0.3) is 0 Å². The molecule has 0 saturated carbocycles. The molecule has 1 heterocycles. The second-order valence-electron chi connectivity index (χ2n) is 4.05. The van der Waals surface area contributed by atoms with E-state index in [2.05, 4.69) is 0 Å². The van der Waals surface area contributed by atoms with Gasteiger partial charge in [-0.3, -0.25) is 0 Å². The molecule has 0 unspecified atom stereocenters. The van der Waals surface area contributed by atoms with Crippen molar-refractivity contribution in [2.45, 2.75) is 19.4 Å². The van der Waals surface area contributed by atoms with Crippen molar-refractivity contribution in [1.29, 1.82) is 0 Å². The standard InChI is InChI=1S/C11H15NO2/c1-11(2,12)8-4-3-5-9-10(8)14-7-6-13-9/h3-5H,6-7,12H2,1-2H3. The molecular weight excluding hydrogens is 178 g/mol. The molecule has 3 nitrogen and oxygen atoms in total. The van der Waals surface area contributed by atoms with Crippen molar-refractivity contribution in [2.24, 2.45) is 5.73 Å². The molecule has 0 atom stereocenters. The van der Waals surface area contributed by atoms with Gasteiger partial charge < -0.3 is 15.2 Å². The molecule has 2 N–H and O–H groups in total. The molecule has 3 heteroatoms. The lowest BCUT2D eigenvalue weighted by atomic mass is 9.94. The molecular formula is C11H15NO2. The molecule has 76 valence electrons. The second-order valence-corrected chi connectivity index (χ2v) is 4.05. The van der Waals surface area contributed by atoms with Crippen LogP contribution in [-0.4, -0.2) is 13.2 Å². The summed E-state index contributed by atoms with van der Waals surface area (Å²) in [6.07, 6.45) is 0. The van der Waals surface area contributed by atoms with Crippen molar-refractivity contribution in [2.75, 3.05) is 13.2 Å². The zero-order valence-corrected chi connectivity index (χ0v) is 8.54. The summed E-state index contributed by atoms with van der Waals surface area (Å²) >= 11 is 0. The Morgan fingerprint density at radius 1 is 1.21 bits per heavy atom. The Morgan fingerprint density at radius 2 is 1.93 bits per heavy atom. The number of ether oxygens (including phenoxy) is 2. The van der Waals surface area contributed by atoms with E-state index in [1.165, 1.54) is 0 Å². The Bertz CT molecular complexity index is 342. The number of nitrogens with two attached hydrogens (primary N) is 1. The second kappa shape index (κ2) is 3.17. The SMILES string of the molecule is CC(C)(N)c1cccc2c1OCCO2. The monoisotopic (exact) mass is 193 g/mol. The predicted molar refractivity (Wildman–Crippen MR) is 54.6 cm³/mol. The van der Waals surface area contributed by atoms with Crippen molar-refractivity contribution in [1.82, 2.24) is 0 Å². The molecule has 0 saturated heterocycles. The highest BCUT2D eigenvalue weighted by atomic mass is 16.6. The van der Waals surface area contributed by atoms with Crippen LogP contribution in [0.5, 0.6) is 11.5 Å². The third kappa shape index (κ3) is 1.55. The Morgan fingerprint density at radius 3 is 2.64 bits per heavy atom. The van der Waals surface area contributed by atoms with Gasteiger partial charge in [0.25, 0.3) is 0 Å². The zero-order valence-electron chi connectivity index (χ0n) is 8.54. The van der Waals surface area contributed by atoms with Gasteiger partial charge in [0, 0.05) is 11.1 Å². The molecule has 1 aliphatic rings. The van der Waals surface area contributed by atoms with Gasteiger partial charge in [-0.25, -0.2) is 0 Å². The van der Waals surface area contributed by atoms with Crippen molar-refractivity contribution in [3.8, 4) is 11.5 Å². The normalized spacial score (nSPS) is 15.4. The Kier molecular flexibility index (Phi) is 2.11. The topological polar surface area (TPSA) is 44.5 Å². The summed E-state index contributed by atoms with van der Waals surface area (Å²) in [4.78, 5) is 0. The van der Waals surface area contributed by atoms with Gasteiger partial charge in [-0.05, 0) is 19.9 Å². The molecule has 0 fully saturated rings. The van der Waals surface area contributed by atoms with Crippen LogP contribution in [0, 0.1) is 0 Å². The fraction of sp³-hybridized carbons (Fsp3) is 0.455. The first-order chi connectivity index (χ1) is 6.59. The van der Waals surface area contributed by atoms with E-state index in [1.807, 2.05) is 32.0 Å². The van der Waals surface area contributed by atoms with E-state index in [4.69, 9.17) is 15.2 Å². The Balaban J connectivity index is 2.51. The first-order valence-electron chi connectivity index (χ1n) is 4.77. The number of hydrogen-bond donors (Lipinski definition) is 1. The van der Waals surface area contributed by atoms with E-state index in [9.17, 15) is 0 Å². The van der Waals surface area contributed by atoms with E-state index in [0.717, 1.165) is 17.1 Å². The van der Waals surface area contributed by atoms with Gasteiger partial charge >= 0.3 is 0 Å². The van der Waals surface area contributed by atoms with Gasteiger partial charge in [-0.2, -0.15) is 0 Å². The molecule has 1 aromatic carbocycles. The van der Waals surface area contributed by atoms with Gasteiger partial charge in [-0.15, -0.1) is 0 Å². The minimum absolute atomic E-state index is 0.397. The smallest absolute Gasteiger partial charge is 0.166 e. The van der Waals surface area contributed by atoms with Crippen molar-refractivity contribution in [3.63, 3.8) is 0 Å². The van der Waals surface area contributed by atoms with Crippen molar-refractivity contribution < 1.29 is 9.47 Å². The largest absolute Gasteiger partial charge is 0.486 e. The summed E-state index contributed by atoms with van der Waals surface area (Å²) < 4.78 is 11.1. The molecule has 0 aromatic heterocycles. The number of benzene rings is 1. The maximum atomic E-state index is 6.05. The molecule has 0 spiro atoms. The Hall–Kier alpha value is -1.22. The average Bonchev–Trinajstić information content (AvgIpc) is 2.15. The molecule has 1 aliphatic heterocycles. The Labute approximate surface area is 83.8 Å². The summed E-state index contributed by atoms with van der Waals surface area (Å²) in [6, 6.07) is 5.83. The number of para-hydroxylation sites is 1. The lowest BCUT2D eigenvalue weighted by molar-refractivity contribution is 0.167. The van der Waals surface area contributed by atoms with Gasteiger partial charge in [0.2, 0.25) is 0 Å². The van der Waals surface area contributed by atoms with E-state index in [0.29, 0.717) is 13.2 Å². The molecule has 1 aromatic rings. The van der Waals surface area contributed by atoms with E-state index in [-0.39, 0.29) is 0 Å². The first kappa shape index (κ1) is 9.34. The highest BCUT2D eigenvalue weighted by molar-refractivity contribution is 5.50. The lowest BCUT2D eigenvalue weighted by Crippen LogP contribution is -2.30. The van der Waals surface area contributed by atoms with Crippen LogP contribution in [0.4, 0.5) is 0 Å². The summed E-state index contributed by atoms with van der Waals surface area (Å²) in [5.74, 6) is 1.60. The molecule has 0 amide bonds. The molecule has 0 radical (unpaired) electrons. The van der Waals surface area contributed by atoms with Gasteiger partial charge in [0.1, 0.15) is 13.2 Å². The molecule has 2 rings (SSSR count). The van der Waals surface area contributed by atoms with Crippen LogP contribution in [-0.2, 0) is 5.54 Å². The molecule has 0 aliphatic carbocycles. The summed E-state index contributed by atoms with van der Waals surface area (Å²) in [7, 11) is 0. The quantitative estimate of drug-likeness (QED) is 0.737. The maximum Gasteiger partial charge on any atom is 0.166 e. The number of rotatable bonds is 1. The lowest BCUT2D eigenvalue weighted by Gasteiger charge is -2.27. The summed E-state index contributed by atoms with van der Waals surface area (Å²) in [5, 5.41) is 0. The predicted octanol–water partition coefficient (Wildman–Crippen LogP) is 1.65. The summed E-state index contributed by atoms with van der Waals surface area (Å²) in [6.45, 7) is 5.13. The minimum Gasteiger partial charge on any atom is -0.486 e. The highest BCUT2D eigenvalue weighted by Crippen LogP contribution is 2.37. The minimum atomic E-state index is -0.397. The fourth-order valence-electron chi connectivity index (χ4n) is 1.58. The first-order valence-corrected chi connectivity index (χ1v) is 4.77. The van der Waals surface area contributed by atoms with Crippen molar-refractivity contribution >= 4 is 0 Å². The number of hydrogen-bond acceptors (Lipinski definition) is 3. The van der Waals surface area contributed by atoms with Crippen molar-refractivity contribution in [3.05, 3.63) is 23.8 Å². The van der Waals surface area contributed by atoms with Gasteiger partial charge in [-0.1, -0.05) is 12.1 Å². The summed E-state index contributed by atoms with van der Waals surface area (Å²) in [5.41, 5.74) is 6.64. The van der Waals surface area contributed by atoms with E-state index in [1.54, 1.807) is 0 Å². The third-order valence-electron chi connectivity index (χ3n) is 2.26. The maximum absolute atomic E-state index is 6.05. The van der Waals surface area contributed by atoms with Crippen LogP contribution >= 0.6 is 0 Å². The average molecular weight is 193 g/mol. The fourth-order valence-corrected chi connectivity index (χ4v) is 1.58. The molecule has 14 heavy (non-hydrogen) atoms. The number of fused-ring (bicyclic) bond motifs is 1. The van der Waals surface area contributed by atoms with Gasteiger partial charge in [0.15, 0.2) is 11.5 Å². The van der Waals surface area contributed by atoms with Crippen LogP contribution in [0.1, 0.15) is 19.4 Å². The van der Waals surface area contributed by atoms with Crippen LogP contribution < -0.4 is 15.2 Å². The van der Waals surface area contributed by atoms with E-state index < -0.39 is 5.54 Å². The third-order valence-corrected chi connectivity index (χ3v) is 2.26. The highest BCUT2D eigenvalue weighted by Gasteiger charge is 2.24. The molecule has 0 bridgehead atoms. The van der Waals surface area contributed by atoms with E-state index >= 15 is 0 Å². The van der Waals surface area contributed by atoms with Crippen LogP contribution in [0.15, 0.2) is 18.2 Å². The zero-order chi connectivity index (χ0) is 10.2.